The van der Waals surface area contributed by atoms with Gasteiger partial charge in [-0.2, -0.15) is 0 Å². The van der Waals surface area contributed by atoms with Crippen molar-refractivity contribution in [1.82, 2.24) is 9.72 Å². The maximum atomic E-state index is 11.7. The molecule has 3 rings (SSSR count). The van der Waals surface area contributed by atoms with Gasteiger partial charge in [0.1, 0.15) is 0 Å². The fraction of sp³-hybridized carbons (Fsp3) is 0.385. The van der Waals surface area contributed by atoms with Crippen LogP contribution in [-0.4, -0.2) is 22.9 Å². The molecular formula is C13H14N2O3. The molecule has 0 saturated carbocycles. The summed E-state index contributed by atoms with van der Waals surface area (Å²) in [5.41, 5.74) is 0.891. The van der Waals surface area contributed by atoms with Gasteiger partial charge in [0.15, 0.2) is 5.82 Å². The van der Waals surface area contributed by atoms with Gasteiger partial charge in [-0.05, 0) is 6.42 Å². The van der Waals surface area contributed by atoms with Gasteiger partial charge in [-0.15, -0.1) is 0 Å². The monoisotopic (exact) mass is 246 g/mol. The van der Waals surface area contributed by atoms with Gasteiger partial charge in [-0.1, -0.05) is 35.5 Å². The molecule has 0 aliphatic carbocycles. The largest absolute Gasteiger partial charge is 0.441 e. The third-order valence-electron chi connectivity index (χ3n) is 3.18. The molecule has 0 unspecified atom stereocenters. The van der Waals surface area contributed by atoms with Crippen molar-refractivity contribution in [2.24, 2.45) is 5.92 Å². The first kappa shape index (κ1) is 11.2. The molecule has 0 bridgehead atoms. The molecule has 1 fully saturated rings. The number of ether oxygens (including phenoxy) is 1. The van der Waals surface area contributed by atoms with Crippen molar-refractivity contribution >= 4 is 0 Å². The van der Waals surface area contributed by atoms with Gasteiger partial charge in [-0.25, -0.2) is 4.79 Å². The van der Waals surface area contributed by atoms with Crippen LogP contribution in [0.2, 0.25) is 0 Å². The Morgan fingerprint density at radius 3 is 2.89 bits per heavy atom. The van der Waals surface area contributed by atoms with Crippen molar-refractivity contribution in [2.75, 3.05) is 13.2 Å². The minimum Gasteiger partial charge on any atom is -0.381 e. The summed E-state index contributed by atoms with van der Waals surface area (Å²) in [5.74, 6) is 0.554. The summed E-state index contributed by atoms with van der Waals surface area (Å²) in [6.45, 7) is 2.07. The van der Waals surface area contributed by atoms with Crippen LogP contribution in [0, 0.1) is 5.92 Å². The van der Waals surface area contributed by atoms with Crippen LogP contribution in [0.5, 0.6) is 0 Å². The Morgan fingerprint density at radius 1 is 1.33 bits per heavy atom. The van der Waals surface area contributed by atoms with E-state index in [4.69, 9.17) is 9.26 Å². The summed E-state index contributed by atoms with van der Waals surface area (Å²) >= 11 is 0. The molecule has 1 aliphatic rings. The van der Waals surface area contributed by atoms with Crippen molar-refractivity contribution in [3.8, 4) is 11.4 Å². The minimum atomic E-state index is -0.402. The zero-order valence-corrected chi connectivity index (χ0v) is 9.91. The van der Waals surface area contributed by atoms with Gasteiger partial charge in [0, 0.05) is 24.6 Å². The maximum absolute atomic E-state index is 11.7. The first-order valence-electron chi connectivity index (χ1n) is 6.04. The van der Waals surface area contributed by atoms with Crippen molar-refractivity contribution in [1.29, 1.82) is 0 Å². The molecule has 5 nitrogen and oxygen atoms in total. The van der Waals surface area contributed by atoms with E-state index in [2.05, 4.69) is 5.16 Å². The highest BCUT2D eigenvalue weighted by atomic mass is 16.5. The van der Waals surface area contributed by atoms with E-state index in [1.807, 2.05) is 30.3 Å². The Hall–Kier alpha value is -1.88. The zero-order chi connectivity index (χ0) is 12.4. The van der Waals surface area contributed by atoms with Crippen LogP contribution in [-0.2, 0) is 11.3 Å². The number of hydrogen-bond acceptors (Lipinski definition) is 4. The van der Waals surface area contributed by atoms with E-state index < -0.39 is 5.76 Å². The Balaban J connectivity index is 1.93. The quantitative estimate of drug-likeness (QED) is 0.824. The average molecular weight is 246 g/mol. The van der Waals surface area contributed by atoms with Crippen LogP contribution in [0.1, 0.15) is 6.42 Å². The van der Waals surface area contributed by atoms with E-state index in [0.717, 1.165) is 18.6 Å². The van der Waals surface area contributed by atoms with E-state index in [1.165, 1.54) is 0 Å². The SMILES string of the molecule is O=c1onc(-c2ccccc2)n1C[C@H]1CCOC1. The topological polar surface area (TPSA) is 57.3 Å². The molecule has 1 atom stereocenters. The molecule has 18 heavy (non-hydrogen) atoms. The van der Waals surface area contributed by atoms with Gasteiger partial charge in [0.05, 0.1) is 6.61 Å². The second-order valence-corrected chi connectivity index (χ2v) is 4.48. The Kier molecular flexibility index (Phi) is 2.98. The summed E-state index contributed by atoms with van der Waals surface area (Å²) in [5, 5.41) is 3.86. The highest BCUT2D eigenvalue weighted by Crippen LogP contribution is 2.19. The third kappa shape index (κ3) is 2.09. The smallest absolute Gasteiger partial charge is 0.381 e. The molecular weight excluding hydrogens is 232 g/mol. The van der Waals surface area contributed by atoms with E-state index in [1.54, 1.807) is 4.57 Å². The minimum absolute atomic E-state index is 0.365. The number of benzene rings is 1. The average Bonchev–Trinajstić information content (AvgIpc) is 3.03. The molecule has 0 spiro atoms. The van der Waals surface area contributed by atoms with E-state index in [0.29, 0.717) is 24.9 Å². The lowest BCUT2D eigenvalue weighted by molar-refractivity contribution is 0.182. The van der Waals surface area contributed by atoms with Crippen LogP contribution in [0.3, 0.4) is 0 Å². The summed E-state index contributed by atoms with van der Waals surface area (Å²) < 4.78 is 11.7. The summed E-state index contributed by atoms with van der Waals surface area (Å²) in [6, 6.07) is 9.59. The molecule has 1 aliphatic heterocycles. The van der Waals surface area contributed by atoms with Gasteiger partial charge in [0.25, 0.3) is 0 Å². The van der Waals surface area contributed by atoms with E-state index >= 15 is 0 Å². The van der Waals surface area contributed by atoms with Gasteiger partial charge < -0.3 is 4.74 Å². The summed E-state index contributed by atoms with van der Waals surface area (Å²) in [6.07, 6.45) is 0.978. The van der Waals surface area contributed by atoms with Crippen LogP contribution in [0.25, 0.3) is 11.4 Å². The van der Waals surface area contributed by atoms with Crippen LogP contribution in [0.4, 0.5) is 0 Å². The van der Waals surface area contributed by atoms with Crippen molar-refractivity contribution in [3.05, 3.63) is 40.9 Å². The Morgan fingerprint density at radius 2 is 2.17 bits per heavy atom. The summed E-state index contributed by atoms with van der Waals surface area (Å²) in [4.78, 5) is 11.7. The van der Waals surface area contributed by atoms with Crippen LogP contribution in [0.15, 0.2) is 39.6 Å². The summed E-state index contributed by atoms with van der Waals surface area (Å²) in [7, 11) is 0. The lowest BCUT2D eigenvalue weighted by Gasteiger charge is -2.08. The predicted octanol–water partition coefficient (Wildman–Crippen LogP) is 1.54. The first-order valence-corrected chi connectivity index (χ1v) is 6.04. The molecule has 1 aromatic heterocycles. The second kappa shape index (κ2) is 4.78. The fourth-order valence-electron chi connectivity index (χ4n) is 2.21. The van der Waals surface area contributed by atoms with Crippen molar-refractivity contribution in [2.45, 2.75) is 13.0 Å². The Labute approximate surface area is 104 Å². The molecule has 0 amide bonds. The molecule has 0 radical (unpaired) electrons. The predicted molar refractivity (Wildman–Crippen MR) is 65.1 cm³/mol. The molecule has 2 aromatic rings. The normalized spacial score (nSPS) is 19.2. The highest BCUT2D eigenvalue weighted by molar-refractivity contribution is 5.54. The molecule has 94 valence electrons. The van der Waals surface area contributed by atoms with E-state index in [9.17, 15) is 4.79 Å². The molecule has 1 aromatic carbocycles. The number of aromatic nitrogens is 2. The Bertz CT molecular complexity index is 567. The van der Waals surface area contributed by atoms with Gasteiger partial charge in [-0.3, -0.25) is 9.09 Å². The van der Waals surface area contributed by atoms with E-state index in [-0.39, 0.29) is 0 Å². The van der Waals surface area contributed by atoms with Crippen LogP contribution < -0.4 is 5.76 Å². The maximum Gasteiger partial charge on any atom is 0.441 e. The van der Waals surface area contributed by atoms with Gasteiger partial charge >= 0.3 is 5.76 Å². The number of hydrogen-bond donors (Lipinski definition) is 0. The number of nitrogens with zero attached hydrogens (tertiary/aromatic N) is 2. The van der Waals surface area contributed by atoms with Gasteiger partial charge in [0.2, 0.25) is 0 Å². The van der Waals surface area contributed by atoms with Crippen molar-refractivity contribution in [3.63, 3.8) is 0 Å². The zero-order valence-electron chi connectivity index (χ0n) is 9.91. The molecule has 0 N–H and O–H groups in total. The van der Waals surface area contributed by atoms with Crippen LogP contribution >= 0.6 is 0 Å². The highest BCUT2D eigenvalue weighted by Gasteiger charge is 2.20. The first-order chi connectivity index (χ1) is 8.84. The lowest BCUT2D eigenvalue weighted by atomic mass is 10.1. The standard InChI is InChI=1S/C13H14N2O3/c16-13-15(8-10-6-7-17-9-10)12(14-18-13)11-4-2-1-3-5-11/h1-5,10H,6-9H2/t10-/m1/s1. The fourth-order valence-corrected chi connectivity index (χ4v) is 2.21. The molecule has 1 saturated heterocycles. The lowest BCUT2D eigenvalue weighted by Crippen LogP contribution is -2.21. The third-order valence-corrected chi connectivity index (χ3v) is 3.18. The molecule has 5 heteroatoms. The van der Waals surface area contributed by atoms with Crippen molar-refractivity contribution < 1.29 is 9.26 Å². The number of rotatable bonds is 3. The molecule has 2 heterocycles. The second-order valence-electron chi connectivity index (χ2n) is 4.48.